The van der Waals surface area contributed by atoms with Gasteiger partial charge in [0.15, 0.2) is 0 Å². The molecule has 3 atom stereocenters. The summed E-state index contributed by atoms with van der Waals surface area (Å²) in [6.07, 6.45) is -0.300. The fraction of sp³-hybridized carbons (Fsp3) is 0.571. The Morgan fingerprint density at radius 3 is 2.76 bits per heavy atom. The molecular weight excluding hydrogens is 214 g/mol. The van der Waals surface area contributed by atoms with Crippen molar-refractivity contribution in [2.45, 2.75) is 25.0 Å². The van der Waals surface area contributed by atoms with Gasteiger partial charge in [-0.15, -0.1) is 0 Å². The lowest BCUT2D eigenvalue weighted by Crippen LogP contribution is -2.49. The molecule has 3 nitrogen and oxygen atoms in total. The van der Waals surface area contributed by atoms with Crippen molar-refractivity contribution in [2.75, 3.05) is 27.2 Å². The molecule has 17 heavy (non-hydrogen) atoms. The van der Waals surface area contributed by atoms with Crippen LogP contribution in [-0.2, 0) is 4.74 Å². The standard InChI is InChI=1S/C14H21NO2/c1-10-5-4-6-11(7-10)14-12(16)8-15(2)9-13(14)17-3/h4-7,12-14,16H,8-9H2,1-3H3. The van der Waals surface area contributed by atoms with E-state index in [0.29, 0.717) is 6.54 Å². The number of methoxy groups -OCH3 is 1. The van der Waals surface area contributed by atoms with Gasteiger partial charge in [-0.2, -0.15) is 0 Å². The molecule has 0 saturated carbocycles. The normalized spacial score (nSPS) is 30.5. The van der Waals surface area contributed by atoms with Gasteiger partial charge in [-0.1, -0.05) is 29.8 Å². The number of benzene rings is 1. The summed E-state index contributed by atoms with van der Waals surface area (Å²) in [5, 5.41) is 10.3. The van der Waals surface area contributed by atoms with Gasteiger partial charge in [0.2, 0.25) is 0 Å². The summed E-state index contributed by atoms with van der Waals surface area (Å²) in [7, 11) is 3.74. The minimum absolute atomic E-state index is 0.0607. The van der Waals surface area contributed by atoms with E-state index in [9.17, 15) is 5.11 Å². The lowest BCUT2D eigenvalue weighted by molar-refractivity contribution is -0.0411. The van der Waals surface area contributed by atoms with Gasteiger partial charge in [-0.05, 0) is 19.5 Å². The van der Waals surface area contributed by atoms with E-state index in [-0.39, 0.29) is 18.1 Å². The van der Waals surface area contributed by atoms with Crippen molar-refractivity contribution in [3.8, 4) is 0 Å². The molecular formula is C14H21NO2. The number of aliphatic hydroxyl groups excluding tert-OH is 1. The van der Waals surface area contributed by atoms with Crippen LogP contribution in [0.2, 0.25) is 0 Å². The zero-order valence-corrected chi connectivity index (χ0v) is 10.8. The predicted molar refractivity (Wildman–Crippen MR) is 68.2 cm³/mol. The third kappa shape index (κ3) is 2.68. The molecule has 0 aromatic heterocycles. The van der Waals surface area contributed by atoms with Crippen molar-refractivity contribution in [1.82, 2.24) is 4.90 Å². The van der Waals surface area contributed by atoms with E-state index in [4.69, 9.17) is 4.74 Å². The van der Waals surface area contributed by atoms with Crippen molar-refractivity contribution in [2.24, 2.45) is 0 Å². The van der Waals surface area contributed by atoms with Crippen LogP contribution in [0.15, 0.2) is 24.3 Å². The van der Waals surface area contributed by atoms with Gasteiger partial charge >= 0.3 is 0 Å². The third-order valence-electron chi connectivity index (χ3n) is 3.54. The summed E-state index contributed by atoms with van der Waals surface area (Å²) < 4.78 is 5.54. The quantitative estimate of drug-likeness (QED) is 0.841. The van der Waals surface area contributed by atoms with E-state index in [1.54, 1.807) is 7.11 Å². The van der Waals surface area contributed by atoms with Crippen LogP contribution in [0.5, 0.6) is 0 Å². The summed E-state index contributed by atoms with van der Waals surface area (Å²) in [4.78, 5) is 2.12. The fourth-order valence-electron chi connectivity index (χ4n) is 2.71. The van der Waals surface area contributed by atoms with Gasteiger partial charge < -0.3 is 14.7 Å². The molecule has 3 heteroatoms. The van der Waals surface area contributed by atoms with Crippen LogP contribution < -0.4 is 0 Å². The molecule has 94 valence electrons. The molecule has 0 amide bonds. The Balaban J connectivity index is 2.28. The Morgan fingerprint density at radius 2 is 2.12 bits per heavy atom. The highest BCUT2D eigenvalue weighted by Crippen LogP contribution is 2.30. The van der Waals surface area contributed by atoms with E-state index in [1.165, 1.54) is 11.1 Å². The Morgan fingerprint density at radius 1 is 1.35 bits per heavy atom. The highest BCUT2D eigenvalue weighted by Gasteiger charge is 2.35. The monoisotopic (exact) mass is 235 g/mol. The van der Waals surface area contributed by atoms with E-state index in [2.05, 4.69) is 30.0 Å². The van der Waals surface area contributed by atoms with Gasteiger partial charge in [-0.25, -0.2) is 0 Å². The highest BCUT2D eigenvalue weighted by molar-refractivity contribution is 5.28. The first-order valence-electron chi connectivity index (χ1n) is 6.08. The Labute approximate surface area is 103 Å². The van der Waals surface area contributed by atoms with Gasteiger partial charge in [-0.3, -0.25) is 0 Å². The first-order valence-corrected chi connectivity index (χ1v) is 6.08. The average molecular weight is 235 g/mol. The number of likely N-dealkylation sites (tertiary alicyclic amines) is 1. The lowest BCUT2D eigenvalue weighted by atomic mass is 9.84. The van der Waals surface area contributed by atoms with Crippen LogP contribution in [0.3, 0.4) is 0 Å². The van der Waals surface area contributed by atoms with E-state index in [0.717, 1.165) is 6.54 Å². The molecule has 1 aliphatic heterocycles. The van der Waals surface area contributed by atoms with Crippen molar-refractivity contribution in [3.63, 3.8) is 0 Å². The molecule has 3 unspecified atom stereocenters. The fourth-order valence-corrected chi connectivity index (χ4v) is 2.71. The number of aryl methyl sites for hydroxylation is 1. The number of ether oxygens (including phenoxy) is 1. The second kappa shape index (κ2) is 5.17. The van der Waals surface area contributed by atoms with Crippen molar-refractivity contribution in [1.29, 1.82) is 0 Å². The zero-order valence-electron chi connectivity index (χ0n) is 10.8. The van der Waals surface area contributed by atoms with E-state index in [1.807, 2.05) is 13.1 Å². The molecule has 1 aliphatic rings. The maximum Gasteiger partial charge on any atom is 0.0791 e. The van der Waals surface area contributed by atoms with Crippen LogP contribution in [-0.4, -0.2) is 49.5 Å². The summed E-state index contributed by atoms with van der Waals surface area (Å²) >= 11 is 0. The minimum atomic E-state index is -0.361. The number of rotatable bonds is 2. The Bertz CT molecular complexity index is 380. The Hall–Kier alpha value is -0.900. The molecule has 0 radical (unpaired) electrons. The molecule has 1 saturated heterocycles. The Kier molecular flexibility index (Phi) is 3.82. The van der Waals surface area contributed by atoms with Crippen LogP contribution in [0.1, 0.15) is 17.0 Å². The van der Waals surface area contributed by atoms with E-state index >= 15 is 0 Å². The molecule has 1 fully saturated rings. The summed E-state index contributed by atoms with van der Waals surface area (Å²) in [6, 6.07) is 8.35. The average Bonchev–Trinajstić information content (AvgIpc) is 2.27. The van der Waals surface area contributed by atoms with Gasteiger partial charge in [0.1, 0.15) is 0 Å². The van der Waals surface area contributed by atoms with Gasteiger partial charge in [0, 0.05) is 26.1 Å². The first-order chi connectivity index (χ1) is 8.11. The van der Waals surface area contributed by atoms with E-state index < -0.39 is 0 Å². The van der Waals surface area contributed by atoms with Crippen LogP contribution in [0.25, 0.3) is 0 Å². The molecule has 1 heterocycles. The molecule has 0 bridgehead atoms. The lowest BCUT2D eigenvalue weighted by Gasteiger charge is -2.39. The maximum absolute atomic E-state index is 10.3. The first kappa shape index (κ1) is 12.6. The predicted octanol–water partition coefficient (Wildman–Crippen LogP) is 1.40. The number of aliphatic hydroxyl groups is 1. The number of hydrogen-bond acceptors (Lipinski definition) is 3. The molecule has 1 aromatic carbocycles. The summed E-state index contributed by atoms with van der Waals surface area (Å²) in [6.45, 7) is 3.65. The van der Waals surface area contributed by atoms with Crippen molar-refractivity contribution in [3.05, 3.63) is 35.4 Å². The second-order valence-electron chi connectivity index (χ2n) is 5.00. The van der Waals surface area contributed by atoms with Gasteiger partial charge in [0.25, 0.3) is 0 Å². The molecule has 0 aliphatic carbocycles. The molecule has 2 rings (SSSR count). The van der Waals surface area contributed by atoms with Crippen molar-refractivity contribution >= 4 is 0 Å². The maximum atomic E-state index is 10.3. The molecule has 1 aromatic rings. The number of piperidine rings is 1. The molecule has 1 N–H and O–H groups in total. The van der Waals surface area contributed by atoms with Crippen LogP contribution in [0.4, 0.5) is 0 Å². The van der Waals surface area contributed by atoms with Crippen molar-refractivity contribution < 1.29 is 9.84 Å². The van der Waals surface area contributed by atoms with Crippen LogP contribution in [0, 0.1) is 6.92 Å². The molecule has 0 spiro atoms. The smallest absolute Gasteiger partial charge is 0.0791 e. The summed E-state index contributed by atoms with van der Waals surface area (Å²) in [5.41, 5.74) is 2.40. The number of β-amino-alcohol motifs (C(OH)–C–C–N with tert-alkyl or cyclic N) is 1. The topological polar surface area (TPSA) is 32.7 Å². The highest BCUT2D eigenvalue weighted by atomic mass is 16.5. The SMILES string of the molecule is COC1CN(C)CC(O)C1c1cccc(C)c1. The second-order valence-corrected chi connectivity index (χ2v) is 5.00. The zero-order chi connectivity index (χ0) is 12.4. The number of likely N-dealkylation sites (N-methyl/N-ethyl adjacent to an activating group) is 1. The number of nitrogens with zero attached hydrogens (tertiary/aromatic N) is 1. The summed E-state index contributed by atoms with van der Waals surface area (Å²) in [5.74, 6) is 0.0797. The largest absolute Gasteiger partial charge is 0.391 e. The third-order valence-corrected chi connectivity index (χ3v) is 3.54. The minimum Gasteiger partial charge on any atom is -0.391 e. The van der Waals surface area contributed by atoms with Gasteiger partial charge in [0.05, 0.1) is 12.2 Å². The van der Waals surface area contributed by atoms with Crippen LogP contribution >= 0.6 is 0 Å². The number of hydrogen-bond donors (Lipinski definition) is 1.